The third kappa shape index (κ3) is 3.50. The van der Waals surface area contributed by atoms with Crippen LogP contribution in [0.1, 0.15) is 30.0 Å². The lowest BCUT2D eigenvalue weighted by Crippen LogP contribution is -2.37. The maximum absolute atomic E-state index is 12.7. The van der Waals surface area contributed by atoms with Crippen LogP contribution in [0.4, 0.5) is 13.2 Å². The molecule has 1 aromatic rings. The van der Waals surface area contributed by atoms with Crippen LogP contribution in [0.25, 0.3) is 0 Å². The minimum absolute atomic E-state index is 0. The van der Waals surface area contributed by atoms with Crippen LogP contribution in [0.2, 0.25) is 0 Å². The molecule has 0 N–H and O–H groups in total. The Morgan fingerprint density at radius 2 is 1.83 bits per heavy atom. The quantitative estimate of drug-likeness (QED) is 0.585. The van der Waals surface area contributed by atoms with Gasteiger partial charge in [-0.05, 0) is 13.8 Å². The molecule has 0 saturated carbocycles. The molecule has 0 bridgehead atoms. The number of alkyl halides is 4. The van der Waals surface area contributed by atoms with Crippen LogP contribution in [0.5, 0.6) is 0 Å². The molecule has 0 aliphatic rings. The summed E-state index contributed by atoms with van der Waals surface area (Å²) in [5, 5.41) is 0.0592. The van der Waals surface area contributed by atoms with E-state index >= 15 is 0 Å². The van der Waals surface area contributed by atoms with E-state index in [0.717, 1.165) is 26.2 Å². The number of nitrogens with zero attached hydrogens (tertiary/aromatic N) is 2. The number of Topliss-reactive ketones (excluding diaryl/α,β-unsaturated/α-hetero) is 1. The summed E-state index contributed by atoms with van der Waals surface area (Å²) in [6.45, 7) is 2.03. The monoisotopic (exact) mass is 390 g/mol. The van der Waals surface area contributed by atoms with Crippen LogP contribution in [0, 0.1) is 0 Å². The Kier molecular flexibility index (Phi) is 5.93. The van der Waals surface area contributed by atoms with Crippen molar-refractivity contribution in [3.63, 3.8) is 0 Å². The lowest BCUT2D eigenvalue weighted by atomic mass is 9.89. The van der Waals surface area contributed by atoms with E-state index in [0.29, 0.717) is 0 Å². The Morgan fingerprint density at radius 1 is 1.28 bits per heavy atom. The molecule has 0 aliphatic carbocycles. The highest BCUT2D eigenvalue weighted by molar-refractivity contribution is 9.09. The SMILES string of the molecule is Br.CC(C)(c1cnc(C(=O)CBr)cn1)C(F)(F)F. The standard InChI is InChI=1S/C10H10BrF3N2O.BrH/c1-9(2,10(12,13)14)8-5-15-6(4-16-8)7(17)3-11;/h4-5H,3H2,1-2H3;1H. The van der Waals surface area contributed by atoms with Crippen LogP contribution in [0.15, 0.2) is 12.4 Å². The minimum atomic E-state index is -4.41. The van der Waals surface area contributed by atoms with Crippen LogP contribution in [0.3, 0.4) is 0 Å². The maximum atomic E-state index is 12.7. The number of hydrogen-bond donors (Lipinski definition) is 0. The van der Waals surface area contributed by atoms with Gasteiger partial charge in [-0.2, -0.15) is 13.2 Å². The zero-order valence-electron chi connectivity index (χ0n) is 9.58. The number of hydrogen-bond acceptors (Lipinski definition) is 3. The first-order chi connectivity index (χ1) is 7.70. The van der Waals surface area contributed by atoms with Crippen LogP contribution in [-0.2, 0) is 5.41 Å². The number of ketones is 1. The number of carbonyl (C=O) groups is 1. The van der Waals surface area contributed by atoms with Gasteiger partial charge in [0.05, 0.1) is 23.4 Å². The third-order valence-electron chi connectivity index (χ3n) is 2.41. The van der Waals surface area contributed by atoms with Gasteiger partial charge < -0.3 is 0 Å². The molecule has 0 atom stereocenters. The van der Waals surface area contributed by atoms with Gasteiger partial charge in [-0.25, -0.2) is 4.98 Å². The molecular formula is C10H11Br2F3N2O. The molecule has 3 nitrogen and oxygen atoms in total. The van der Waals surface area contributed by atoms with E-state index in [4.69, 9.17) is 0 Å². The first kappa shape index (κ1) is 17.5. The largest absolute Gasteiger partial charge is 0.399 e. The lowest BCUT2D eigenvalue weighted by molar-refractivity contribution is -0.181. The van der Waals surface area contributed by atoms with Crippen LogP contribution >= 0.6 is 32.9 Å². The molecule has 0 spiro atoms. The fourth-order valence-corrected chi connectivity index (χ4v) is 1.30. The summed E-state index contributed by atoms with van der Waals surface area (Å²) in [7, 11) is 0. The molecule has 102 valence electrons. The molecule has 0 saturated heterocycles. The second kappa shape index (κ2) is 6.10. The molecule has 1 aromatic heterocycles. The van der Waals surface area contributed by atoms with Crippen molar-refractivity contribution in [3.05, 3.63) is 23.8 Å². The molecular weight excluding hydrogens is 381 g/mol. The number of rotatable bonds is 3. The molecule has 0 fully saturated rings. The smallest absolute Gasteiger partial charge is 0.291 e. The molecule has 0 unspecified atom stereocenters. The maximum Gasteiger partial charge on any atom is 0.399 e. The second-order valence-corrected chi connectivity index (χ2v) is 4.53. The van der Waals surface area contributed by atoms with Gasteiger partial charge >= 0.3 is 6.18 Å². The highest BCUT2D eigenvalue weighted by atomic mass is 79.9. The summed E-state index contributed by atoms with van der Waals surface area (Å²) in [6, 6.07) is 0. The second-order valence-electron chi connectivity index (χ2n) is 3.97. The van der Waals surface area contributed by atoms with Crippen molar-refractivity contribution in [2.45, 2.75) is 25.4 Å². The van der Waals surface area contributed by atoms with E-state index in [2.05, 4.69) is 25.9 Å². The van der Waals surface area contributed by atoms with Gasteiger partial charge in [0.2, 0.25) is 0 Å². The Hall–Kier alpha value is -0.500. The molecule has 1 rings (SSSR count). The zero-order valence-corrected chi connectivity index (χ0v) is 12.9. The Bertz CT molecular complexity index is 418. The highest BCUT2D eigenvalue weighted by Gasteiger charge is 2.49. The summed E-state index contributed by atoms with van der Waals surface area (Å²) < 4.78 is 38.1. The van der Waals surface area contributed by atoms with E-state index in [-0.39, 0.29) is 39.5 Å². The zero-order chi connectivity index (χ0) is 13.3. The lowest BCUT2D eigenvalue weighted by Gasteiger charge is -2.26. The van der Waals surface area contributed by atoms with Crippen molar-refractivity contribution in [3.8, 4) is 0 Å². The van der Waals surface area contributed by atoms with Crippen molar-refractivity contribution in [1.82, 2.24) is 9.97 Å². The van der Waals surface area contributed by atoms with E-state index in [9.17, 15) is 18.0 Å². The number of carbonyl (C=O) groups excluding carboxylic acids is 1. The van der Waals surface area contributed by atoms with Crippen molar-refractivity contribution in [2.24, 2.45) is 0 Å². The van der Waals surface area contributed by atoms with E-state index < -0.39 is 11.6 Å². The summed E-state index contributed by atoms with van der Waals surface area (Å²) >= 11 is 2.94. The van der Waals surface area contributed by atoms with E-state index in [1.165, 1.54) is 0 Å². The normalized spacial score (nSPS) is 11.9. The van der Waals surface area contributed by atoms with Gasteiger partial charge in [-0.1, -0.05) is 15.9 Å². The fraction of sp³-hybridized carbons (Fsp3) is 0.500. The fourth-order valence-electron chi connectivity index (χ4n) is 1.01. The molecule has 0 aromatic carbocycles. The summed E-state index contributed by atoms with van der Waals surface area (Å²) in [5.74, 6) is -0.325. The van der Waals surface area contributed by atoms with Crippen LogP contribution in [-0.4, -0.2) is 27.3 Å². The minimum Gasteiger partial charge on any atom is -0.291 e. The van der Waals surface area contributed by atoms with Crippen molar-refractivity contribution < 1.29 is 18.0 Å². The summed E-state index contributed by atoms with van der Waals surface area (Å²) in [6.07, 6.45) is -2.36. The summed E-state index contributed by atoms with van der Waals surface area (Å²) in [5.41, 5.74) is -2.25. The Morgan fingerprint density at radius 3 is 2.17 bits per heavy atom. The average Bonchev–Trinajstić information content (AvgIpc) is 2.26. The van der Waals surface area contributed by atoms with Crippen molar-refractivity contribution >= 4 is 38.7 Å². The Balaban J connectivity index is 0.00000289. The number of aromatic nitrogens is 2. The van der Waals surface area contributed by atoms with Gasteiger partial charge in [-0.3, -0.25) is 9.78 Å². The molecule has 8 heteroatoms. The third-order valence-corrected chi connectivity index (χ3v) is 2.92. The van der Waals surface area contributed by atoms with Gasteiger partial charge in [-0.15, -0.1) is 17.0 Å². The highest BCUT2D eigenvalue weighted by Crippen LogP contribution is 2.39. The van der Waals surface area contributed by atoms with E-state index in [1.54, 1.807) is 0 Å². The summed E-state index contributed by atoms with van der Waals surface area (Å²) in [4.78, 5) is 18.5. The predicted molar refractivity (Wildman–Crippen MR) is 69.6 cm³/mol. The first-order valence-electron chi connectivity index (χ1n) is 4.68. The predicted octanol–water partition coefficient (Wildman–Crippen LogP) is 3.47. The van der Waals surface area contributed by atoms with Gasteiger partial charge in [0.25, 0.3) is 0 Å². The molecule has 0 amide bonds. The van der Waals surface area contributed by atoms with Gasteiger partial charge in [0.1, 0.15) is 11.1 Å². The molecule has 18 heavy (non-hydrogen) atoms. The first-order valence-corrected chi connectivity index (χ1v) is 5.80. The molecule has 0 radical (unpaired) electrons. The van der Waals surface area contributed by atoms with Crippen molar-refractivity contribution in [2.75, 3.05) is 5.33 Å². The van der Waals surface area contributed by atoms with Gasteiger partial charge in [0.15, 0.2) is 5.78 Å². The average molecular weight is 392 g/mol. The number of halogens is 5. The Labute approximate surface area is 121 Å². The van der Waals surface area contributed by atoms with Crippen molar-refractivity contribution in [1.29, 1.82) is 0 Å². The topological polar surface area (TPSA) is 42.9 Å². The van der Waals surface area contributed by atoms with Crippen LogP contribution < -0.4 is 0 Å². The molecule has 0 aliphatic heterocycles. The van der Waals surface area contributed by atoms with E-state index in [1.807, 2.05) is 0 Å². The van der Waals surface area contributed by atoms with Gasteiger partial charge in [0, 0.05) is 0 Å². The molecule has 1 heterocycles.